The lowest BCUT2D eigenvalue weighted by Crippen LogP contribution is -2.50. The Labute approximate surface area is 163 Å². The van der Waals surface area contributed by atoms with Crippen molar-refractivity contribution in [3.8, 4) is 0 Å². The molecule has 0 bridgehead atoms. The van der Waals surface area contributed by atoms with Crippen molar-refractivity contribution in [3.05, 3.63) is 18.2 Å². The van der Waals surface area contributed by atoms with E-state index in [9.17, 15) is 4.79 Å². The van der Waals surface area contributed by atoms with Crippen molar-refractivity contribution in [2.45, 2.75) is 51.7 Å². The van der Waals surface area contributed by atoms with Gasteiger partial charge in [0.05, 0.1) is 19.1 Å². The molecule has 0 radical (unpaired) electrons. The van der Waals surface area contributed by atoms with Gasteiger partial charge in [-0.3, -0.25) is 14.6 Å². The summed E-state index contributed by atoms with van der Waals surface area (Å²) in [6.07, 6.45) is 8.46. The van der Waals surface area contributed by atoms with Gasteiger partial charge in [-0.05, 0) is 39.2 Å². The van der Waals surface area contributed by atoms with Crippen molar-refractivity contribution >= 4 is 5.91 Å². The van der Waals surface area contributed by atoms with Crippen LogP contribution in [0, 0.1) is 5.92 Å². The Morgan fingerprint density at radius 3 is 2.85 bits per heavy atom. The van der Waals surface area contributed by atoms with Crippen molar-refractivity contribution < 1.29 is 9.53 Å². The van der Waals surface area contributed by atoms with E-state index in [0.29, 0.717) is 19.2 Å². The van der Waals surface area contributed by atoms with Crippen molar-refractivity contribution in [1.82, 2.24) is 24.7 Å². The van der Waals surface area contributed by atoms with Gasteiger partial charge in [-0.25, -0.2) is 4.98 Å². The Morgan fingerprint density at radius 2 is 2.11 bits per heavy atom. The van der Waals surface area contributed by atoms with Crippen LogP contribution in [0.4, 0.5) is 0 Å². The topological polar surface area (TPSA) is 62.6 Å². The number of rotatable bonds is 8. The van der Waals surface area contributed by atoms with Gasteiger partial charge in [0, 0.05) is 58.3 Å². The number of imidazole rings is 1. The minimum absolute atomic E-state index is 0.130. The molecule has 0 saturated carbocycles. The Bertz CT molecular complexity index is 583. The lowest BCUT2D eigenvalue weighted by molar-refractivity contribution is -0.127. The van der Waals surface area contributed by atoms with Crippen LogP contribution in [0.25, 0.3) is 0 Å². The Balaban J connectivity index is 1.44. The normalized spacial score (nSPS) is 22.8. The van der Waals surface area contributed by atoms with Crippen molar-refractivity contribution in [2.75, 3.05) is 46.4 Å². The Morgan fingerprint density at radius 1 is 1.30 bits per heavy atom. The maximum atomic E-state index is 12.4. The molecule has 152 valence electrons. The van der Waals surface area contributed by atoms with Gasteiger partial charge in [-0.1, -0.05) is 0 Å². The molecule has 2 saturated heterocycles. The van der Waals surface area contributed by atoms with Gasteiger partial charge in [0.2, 0.25) is 5.91 Å². The predicted octanol–water partition coefficient (Wildman–Crippen LogP) is 1.34. The number of nitrogens with one attached hydrogen (secondary N) is 1. The van der Waals surface area contributed by atoms with Crippen LogP contribution in [0.5, 0.6) is 0 Å². The van der Waals surface area contributed by atoms with E-state index in [2.05, 4.69) is 37.8 Å². The third-order valence-electron chi connectivity index (χ3n) is 6.01. The number of aromatic nitrogens is 2. The Kier molecular flexibility index (Phi) is 7.67. The highest BCUT2D eigenvalue weighted by Crippen LogP contribution is 2.24. The number of hydrogen-bond acceptors (Lipinski definition) is 5. The number of methoxy groups -OCH3 is 1. The summed E-state index contributed by atoms with van der Waals surface area (Å²) in [5.41, 5.74) is 0. The molecule has 3 heterocycles. The molecule has 0 aliphatic carbocycles. The third kappa shape index (κ3) is 5.53. The van der Waals surface area contributed by atoms with Gasteiger partial charge in [0.15, 0.2) is 0 Å². The van der Waals surface area contributed by atoms with Gasteiger partial charge >= 0.3 is 0 Å². The number of ether oxygens (including phenoxy) is 1. The van der Waals surface area contributed by atoms with Crippen LogP contribution >= 0.6 is 0 Å². The summed E-state index contributed by atoms with van der Waals surface area (Å²) in [4.78, 5) is 22.0. The molecular weight excluding hydrogens is 342 g/mol. The number of likely N-dealkylation sites (tertiary alicyclic amines) is 2. The highest BCUT2D eigenvalue weighted by molar-refractivity contribution is 5.78. The van der Waals surface area contributed by atoms with E-state index in [1.54, 1.807) is 7.11 Å². The third-order valence-corrected chi connectivity index (χ3v) is 6.01. The Hall–Kier alpha value is -1.44. The zero-order valence-electron chi connectivity index (χ0n) is 16.9. The van der Waals surface area contributed by atoms with Crippen LogP contribution in [-0.4, -0.2) is 77.7 Å². The maximum Gasteiger partial charge on any atom is 0.224 e. The second-order valence-electron chi connectivity index (χ2n) is 7.75. The molecule has 0 spiro atoms. The molecule has 0 unspecified atom stereocenters. The summed E-state index contributed by atoms with van der Waals surface area (Å²) in [5, 5.41) is 3.01. The first-order valence-corrected chi connectivity index (χ1v) is 10.4. The number of hydrogen-bond donors (Lipinski definition) is 1. The van der Waals surface area contributed by atoms with Crippen LogP contribution < -0.4 is 5.32 Å². The largest absolute Gasteiger partial charge is 0.383 e. The quantitative estimate of drug-likeness (QED) is 0.693. The number of piperidine rings is 2. The first kappa shape index (κ1) is 20.3. The van der Waals surface area contributed by atoms with Crippen LogP contribution in [0.1, 0.15) is 38.4 Å². The second kappa shape index (κ2) is 10.2. The highest BCUT2D eigenvalue weighted by atomic mass is 16.5. The van der Waals surface area contributed by atoms with E-state index in [-0.39, 0.29) is 11.8 Å². The summed E-state index contributed by atoms with van der Waals surface area (Å²) < 4.78 is 7.25. The fourth-order valence-electron chi connectivity index (χ4n) is 4.39. The van der Waals surface area contributed by atoms with E-state index < -0.39 is 0 Å². The first-order valence-electron chi connectivity index (χ1n) is 10.4. The van der Waals surface area contributed by atoms with E-state index in [1.165, 1.54) is 18.7 Å². The minimum Gasteiger partial charge on any atom is -0.383 e. The summed E-state index contributed by atoms with van der Waals surface area (Å²) in [5.74, 6) is 1.49. The smallest absolute Gasteiger partial charge is 0.224 e. The zero-order valence-corrected chi connectivity index (χ0v) is 16.9. The molecule has 7 heteroatoms. The van der Waals surface area contributed by atoms with Crippen LogP contribution in [0.2, 0.25) is 0 Å². The predicted molar refractivity (Wildman–Crippen MR) is 105 cm³/mol. The fraction of sp³-hybridized carbons (Fsp3) is 0.800. The highest BCUT2D eigenvalue weighted by Gasteiger charge is 2.31. The van der Waals surface area contributed by atoms with E-state index >= 15 is 0 Å². The number of carbonyl (C=O) groups is 1. The van der Waals surface area contributed by atoms with Crippen LogP contribution in [0.15, 0.2) is 12.4 Å². The number of amides is 1. The zero-order chi connectivity index (χ0) is 19.1. The maximum absolute atomic E-state index is 12.4. The van der Waals surface area contributed by atoms with Gasteiger partial charge < -0.3 is 14.6 Å². The van der Waals surface area contributed by atoms with Crippen LogP contribution in [0.3, 0.4) is 0 Å². The monoisotopic (exact) mass is 377 g/mol. The average molecular weight is 378 g/mol. The van der Waals surface area contributed by atoms with Crippen molar-refractivity contribution in [2.24, 2.45) is 5.92 Å². The summed E-state index contributed by atoms with van der Waals surface area (Å²) in [6, 6.07) is 0.613. The molecule has 2 aliphatic heterocycles. The fourth-order valence-corrected chi connectivity index (χ4v) is 4.39. The number of aryl methyl sites for hydroxylation is 1. The number of carbonyl (C=O) groups excluding carboxylic acids is 1. The molecule has 2 fully saturated rings. The standard InChI is InChI=1S/C20H35N5O2/c1-3-24-13-8-21-19(24)16-23-11-6-18(7-12-23)25-10-4-5-17(15-25)20(26)22-9-14-27-2/h8,13,17-18H,3-7,9-12,14-16H2,1-2H3,(H,22,26)/t17-/m1/s1. The lowest BCUT2D eigenvalue weighted by Gasteiger charge is -2.42. The summed E-state index contributed by atoms with van der Waals surface area (Å²) in [7, 11) is 1.66. The van der Waals surface area contributed by atoms with Gasteiger partial charge in [-0.15, -0.1) is 0 Å². The van der Waals surface area contributed by atoms with E-state index in [1.807, 2.05) is 6.20 Å². The number of nitrogens with zero attached hydrogens (tertiary/aromatic N) is 4. The summed E-state index contributed by atoms with van der Waals surface area (Å²) in [6.45, 7) is 9.54. The van der Waals surface area contributed by atoms with Gasteiger partial charge in [-0.2, -0.15) is 0 Å². The molecule has 2 aliphatic rings. The SMILES string of the molecule is CCn1ccnc1CN1CCC(N2CCC[C@@H](C(=O)NCCOC)C2)CC1. The molecule has 0 aromatic carbocycles. The second-order valence-corrected chi connectivity index (χ2v) is 7.75. The lowest BCUT2D eigenvalue weighted by atomic mass is 9.93. The minimum atomic E-state index is 0.130. The first-order chi connectivity index (χ1) is 13.2. The molecule has 3 rings (SSSR count). The van der Waals surface area contributed by atoms with Crippen LogP contribution in [-0.2, 0) is 22.6 Å². The molecule has 1 aromatic rings. The molecule has 1 atom stereocenters. The van der Waals surface area contributed by atoms with Crippen molar-refractivity contribution in [3.63, 3.8) is 0 Å². The average Bonchev–Trinajstić information content (AvgIpc) is 3.16. The molecule has 1 amide bonds. The summed E-state index contributed by atoms with van der Waals surface area (Å²) >= 11 is 0. The molecule has 7 nitrogen and oxygen atoms in total. The van der Waals surface area contributed by atoms with Crippen molar-refractivity contribution in [1.29, 1.82) is 0 Å². The van der Waals surface area contributed by atoms with Gasteiger partial charge in [0.25, 0.3) is 0 Å². The van der Waals surface area contributed by atoms with E-state index in [0.717, 1.165) is 52.1 Å². The molecule has 1 N–H and O–H groups in total. The molecule has 27 heavy (non-hydrogen) atoms. The molecule has 1 aromatic heterocycles. The van der Waals surface area contributed by atoms with E-state index in [4.69, 9.17) is 4.74 Å². The van der Waals surface area contributed by atoms with Gasteiger partial charge in [0.1, 0.15) is 5.82 Å². The molecular formula is C20H35N5O2.